The maximum Gasteiger partial charge on any atom is 0.294 e. The lowest BCUT2D eigenvalue weighted by Gasteiger charge is -2.18. The lowest BCUT2D eigenvalue weighted by molar-refractivity contribution is -0.135. The molecule has 2 fully saturated rings. The molecule has 2 N–H and O–H groups in total. The van der Waals surface area contributed by atoms with Crippen molar-refractivity contribution in [1.29, 1.82) is 0 Å². The van der Waals surface area contributed by atoms with E-state index in [1.165, 1.54) is 12.1 Å². The Morgan fingerprint density at radius 1 is 1.19 bits per heavy atom. The Hall–Kier alpha value is -1.52. The molecule has 3 amide bonds. The van der Waals surface area contributed by atoms with Gasteiger partial charge in [0.15, 0.2) is 0 Å². The highest BCUT2D eigenvalue weighted by Gasteiger charge is 2.37. The Balaban J connectivity index is 1.82. The number of carbonyl (C=O) groups is 3. The smallest absolute Gasteiger partial charge is 0.294 e. The fourth-order valence-electron chi connectivity index (χ4n) is 2.71. The molecule has 0 spiro atoms. The zero-order valence-electron chi connectivity index (χ0n) is 13.4. The Labute approximate surface area is 170 Å². The predicted molar refractivity (Wildman–Crippen MR) is 104 cm³/mol. The molecule has 0 radical (unpaired) electrons. The van der Waals surface area contributed by atoms with Gasteiger partial charge in [-0.25, -0.2) is 0 Å². The summed E-state index contributed by atoms with van der Waals surface area (Å²) in [5.74, 6) is -1.26. The number of carbonyl (C=O) groups excluding carboxylic acids is 3. The first kappa shape index (κ1) is 19.2. The molecule has 0 aromatic heterocycles. The molecule has 2 aliphatic heterocycles. The van der Waals surface area contributed by atoms with Crippen LogP contribution in [0.3, 0.4) is 0 Å². The van der Waals surface area contributed by atoms with Crippen LogP contribution < -0.4 is 0 Å². The molecule has 2 aliphatic rings. The van der Waals surface area contributed by atoms with E-state index in [1.54, 1.807) is 4.90 Å². The van der Waals surface area contributed by atoms with E-state index in [0.29, 0.717) is 29.3 Å². The summed E-state index contributed by atoms with van der Waals surface area (Å²) in [5.41, 5.74) is 0.248. The van der Waals surface area contributed by atoms with Crippen molar-refractivity contribution in [2.24, 2.45) is 0 Å². The number of halogens is 2. The summed E-state index contributed by atoms with van der Waals surface area (Å²) in [6.45, 7) is 1.01. The van der Waals surface area contributed by atoms with Gasteiger partial charge in [-0.05, 0) is 68.6 Å². The Morgan fingerprint density at radius 3 is 2.50 bits per heavy atom. The van der Waals surface area contributed by atoms with Gasteiger partial charge in [0.25, 0.3) is 11.1 Å². The quantitative estimate of drug-likeness (QED) is 0.612. The van der Waals surface area contributed by atoms with E-state index in [1.807, 2.05) is 0 Å². The van der Waals surface area contributed by atoms with Crippen molar-refractivity contribution in [3.8, 4) is 11.5 Å². The van der Waals surface area contributed by atoms with Gasteiger partial charge in [0, 0.05) is 18.7 Å². The third-order valence-electron chi connectivity index (χ3n) is 4.11. The first-order chi connectivity index (χ1) is 12.3. The van der Waals surface area contributed by atoms with Crippen LogP contribution in [0.1, 0.15) is 18.4 Å². The van der Waals surface area contributed by atoms with Gasteiger partial charge in [0.05, 0.1) is 9.38 Å². The summed E-state index contributed by atoms with van der Waals surface area (Å²) in [7, 11) is 0. The number of aromatic hydroxyl groups is 2. The van der Waals surface area contributed by atoms with Crippen molar-refractivity contribution in [3.63, 3.8) is 0 Å². The van der Waals surface area contributed by atoms with Gasteiger partial charge in [-0.15, -0.1) is 0 Å². The number of amides is 3. The summed E-state index contributed by atoms with van der Waals surface area (Å²) < 4.78 is 0.387. The van der Waals surface area contributed by atoms with E-state index in [-0.39, 0.29) is 38.9 Å². The number of thioether (sulfide) groups is 1. The topological polar surface area (TPSA) is 98.1 Å². The molecule has 0 saturated carbocycles. The van der Waals surface area contributed by atoms with Crippen molar-refractivity contribution in [2.45, 2.75) is 12.8 Å². The molecule has 0 unspecified atom stereocenters. The van der Waals surface area contributed by atoms with Crippen LogP contribution in [0.5, 0.6) is 11.5 Å². The zero-order chi connectivity index (χ0) is 19.0. The first-order valence-electron chi connectivity index (χ1n) is 7.72. The molecule has 2 saturated heterocycles. The van der Waals surface area contributed by atoms with Crippen LogP contribution in [-0.2, 0) is 9.59 Å². The highest BCUT2D eigenvalue weighted by atomic mass is 79.9. The minimum absolute atomic E-state index is 0.0709. The molecule has 10 heteroatoms. The number of nitrogens with zero attached hydrogens (tertiary/aromatic N) is 2. The monoisotopic (exact) mass is 504 g/mol. The largest absolute Gasteiger partial charge is 0.506 e. The second kappa shape index (κ2) is 7.61. The Morgan fingerprint density at radius 2 is 1.85 bits per heavy atom. The molecule has 2 heterocycles. The third-order valence-corrected chi connectivity index (χ3v) is 6.37. The van der Waals surface area contributed by atoms with Crippen LogP contribution in [0.25, 0.3) is 6.08 Å². The maximum atomic E-state index is 12.5. The lowest BCUT2D eigenvalue weighted by atomic mass is 10.1. The predicted octanol–water partition coefficient (Wildman–Crippen LogP) is 3.28. The molecular formula is C16H14Br2N2O5S. The van der Waals surface area contributed by atoms with Crippen molar-refractivity contribution in [1.82, 2.24) is 9.80 Å². The number of hydrogen-bond donors (Lipinski definition) is 2. The third kappa shape index (κ3) is 3.63. The van der Waals surface area contributed by atoms with Crippen LogP contribution in [0.15, 0.2) is 19.9 Å². The average molecular weight is 506 g/mol. The number of phenols is 2. The van der Waals surface area contributed by atoms with Gasteiger partial charge >= 0.3 is 0 Å². The molecule has 0 bridgehead atoms. The molecule has 1 aromatic carbocycles. The second-order valence-corrected chi connectivity index (χ2v) is 8.46. The van der Waals surface area contributed by atoms with Crippen molar-refractivity contribution < 1.29 is 24.6 Å². The molecule has 138 valence electrons. The zero-order valence-corrected chi connectivity index (χ0v) is 17.4. The van der Waals surface area contributed by atoms with Crippen molar-refractivity contribution in [2.75, 3.05) is 19.6 Å². The number of likely N-dealkylation sites (tertiary alicyclic amines) is 1. The number of benzene rings is 1. The second-order valence-electron chi connectivity index (χ2n) is 5.81. The van der Waals surface area contributed by atoms with E-state index in [4.69, 9.17) is 0 Å². The van der Waals surface area contributed by atoms with Crippen LogP contribution in [-0.4, -0.2) is 56.7 Å². The summed E-state index contributed by atoms with van der Waals surface area (Å²) in [5, 5.41) is 19.4. The number of hydrogen-bond acceptors (Lipinski definition) is 6. The van der Waals surface area contributed by atoms with Crippen LogP contribution >= 0.6 is 43.6 Å². The fourth-order valence-corrected chi connectivity index (χ4v) is 4.69. The molecule has 3 rings (SSSR count). The van der Waals surface area contributed by atoms with Gasteiger partial charge in [-0.1, -0.05) is 0 Å². The Kier molecular flexibility index (Phi) is 5.64. The number of phenolic OH excluding ortho intramolecular Hbond substituents is 2. The van der Waals surface area contributed by atoms with Crippen LogP contribution in [0.2, 0.25) is 0 Å². The summed E-state index contributed by atoms with van der Waals surface area (Å²) in [6.07, 6.45) is 3.21. The van der Waals surface area contributed by atoms with Crippen molar-refractivity contribution in [3.05, 3.63) is 25.5 Å². The van der Waals surface area contributed by atoms with E-state index in [0.717, 1.165) is 17.7 Å². The van der Waals surface area contributed by atoms with E-state index in [2.05, 4.69) is 31.9 Å². The SMILES string of the molecule is O=C(CN1C(=O)S/C(=C\c2cc(Br)c(O)c(Br)c2O)C1=O)N1CCCC1. The lowest BCUT2D eigenvalue weighted by Crippen LogP contribution is -2.40. The highest BCUT2D eigenvalue weighted by molar-refractivity contribution is 9.11. The minimum atomic E-state index is -0.577. The summed E-state index contributed by atoms with van der Waals surface area (Å²) in [4.78, 5) is 39.5. The highest BCUT2D eigenvalue weighted by Crippen LogP contribution is 2.43. The van der Waals surface area contributed by atoms with Gasteiger partial charge in [-0.2, -0.15) is 0 Å². The molecule has 1 aromatic rings. The number of imide groups is 1. The Bertz CT molecular complexity index is 836. The number of rotatable bonds is 3. The van der Waals surface area contributed by atoms with E-state index < -0.39 is 11.1 Å². The van der Waals surface area contributed by atoms with Gasteiger partial charge in [0.2, 0.25) is 5.91 Å². The molecule has 26 heavy (non-hydrogen) atoms. The van der Waals surface area contributed by atoms with E-state index >= 15 is 0 Å². The molecule has 0 aliphatic carbocycles. The maximum absolute atomic E-state index is 12.5. The first-order valence-corrected chi connectivity index (χ1v) is 10.1. The summed E-state index contributed by atoms with van der Waals surface area (Å²) in [6, 6.07) is 1.43. The average Bonchev–Trinajstić information content (AvgIpc) is 3.22. The molecule has 7 nitrogen and oxygen atoms in total. The fraction of sp³-hybridized carbons (Fsp3) is 0.312. The van der Waals surface area contributed by atoms with Crippen LogP contribution in [0, 0.1) is 0 Å². The molecule has 0 atom stereocenters. The normalized spacial score (nSPS) is 19.1. The van der Waals surface area contributed by atoms with Gasteiger partial charge < -0.3 is 15.1 Å². The molecular weight excluding hydrogens is 492 g/mol. The van der Waals surface area contributed by atoms with Crippen LogP contribution in [0.4, 0.5) is 4.79 Å². The van der Waals surface area contributed by atoms with Gasteiger partial charge in [-0.3, -0.25) is 19.3 Å². The standard InChI is InChI=1S/C16H14Br2N2O5S/c17-9-5-8(13(22)12(18)14(9)23)6-10-15(24)20(16(25)26-10)7-11(21)19-3-1-2-4-19/h5-6,22-23H,1-4,7H2/b10-6-. The van der Waals surface area contributed by atoms with Gasteiger partial charge in [0.1, 0.15) is 22.5 Å². The van der Waals surface area contributed by atoms with E-state index in [9.17, 15) is 24.6 Å². The van der Waals surface area contributed by atoms with Crippen molar-refractivity contribution >= 4 is 66.8 Å². The minimum Gasteiger partial charge on any atom is -0.506 e. The summed E-state index contributed by atoms with van der Waals surface area (Å²) >= 11 is 6.92.